The molecule has 182 valence electrons. The van der Waals surface area contributed by atoms with Crippen LogP contribution in [0.15, 0.2) is 95.0 Å². The highest BCUT2D eigenvalue weighted by Crippen LogP contribution is 2.26. The SMILES string of the molecule is Cc1cccc(-c2nnc(SCC(=O)N(C)Cc3cnn(-c4ccccc4)c3)n2Cc2ccco2)c1. The van der Waals surface area contributed by atoms with E-state index in [4.69, 9.17) is 4.42 Å². The normalized spacial score (nSPS) is 11.1. The summed E-state index contributed by atoms with van der Waals surface area (Å²) in [5.74, 6) is 1.78. The van der Waals surface area contributed by atoms with Crippen LogP contribution in [0, 0.1) is 6.92 Å². The maximum Gasteiger partial charge on any atom is 0.233 e. The Hall–Kier alpha value is -4.11. The summed E-state index contributed by atoms with van der Waals surface area (Å²) < 4.78 is 9.38. The van der Waals surface area contributed by atoms with Crippen molar-refractivity contribution < 1.29 is 9.21 Å². The molecule has 5 aromatic rings. The zero-order valence-electron chi connectivity index (χ0n) is 20.1. The summed E-state index contributed by atoms with van der Waals surface area (Å²) in [6.07, 6.45) is 5.38. The third kappa shape index (κ3) is 5.41. The predicted octanol–water partition coefficient (Wildman–Crippen LogP) is 4.83. The Morgan fingerprint density at radius 3 is 2.69 bits per heavy atom. The van der Waals surface area contributed by atoms with E-state index in [0.717, 1.165) is 34.0 Å². The van der Waals surface area contributed by atoms with E-state index in [1.165, 1.54) is 11.8 Å². The second kappa shape index (κ2) is 10.7. The number of para-hydroxylation sites is 1. The maximum absolute atomic E-state index is 12.9. The van der Waals surface area contributed by atoms with Crippen molar-refractivity contribution in [3.63, 3.8) is 0 Å². The molecule has 9 heteroatoms. The van der Waals surface area contributed by atoms with E-state index in [1.54, 1.807) is 24.4 Å². The summed E-state index contributed by atoms with van der Waals surface area (Å²) in [4.78, 5) is 14.7. The van der Waals surface area contributed by atoms with Crippen LogP contribution in [0.25, 0.3) is 17.1 Å². The molecule has 36 heavy (non-hydrogen) atoms. The van der Waals surface area contributed by atoms with Gasteiger partial charge < -0.3 is 9.32 Å². The third-order valence-corrected chi connectivity index (χ3v) is 6.67. The van der Waals surface area contributed by atoms with Crippen molar-refractivity contribution in [3.05, 3.63) is 102 Å². The molecule has 0 saturated carbocycles. The number of rotatable bonds is 9. The van der Waals surface area contributed by atoms with Gasteiger partial charge in [0.15, 0.2) is 11.0 Å². The van der Waals surface area contributed by atoms with Crippen LogP contribution < -0.4 is 0 Å². The minimum absolute atomic E-state index is 0.00267. The number of amides is 1. The molecule has 0 bridgehead atoms. The van der Waals surface area contributed by atoms with Crippen molar-refractivity contribution in [3.8, 4) is 17.1 Å². The van der Waals surface area contributed by atoms with Crippen molar-refractivity contribution in [1.29, 1.82) is 0 Å². The summed E-state index contributed by atoms with van der Waals surface area (Å²) in [6.45, 7) is 3.00. The number of benzene rings is 2. The van der Waals surface area contributed by atoms with Gasteiger partial charge in [-0.15, -0.1) is 10.2 Å². The highest BCUT2D eigenvalue weighted by atomic mass is 32.2. The number of thioether (sulfide) groups is 1. The number of aryl methyl sites for hydroxylation is 1. The smallest absolute Gasteiger partial charge is 0.233 e. The van der Waals surface area contributed by atoms with Gasteiger partial charge in [-0.3, -0.25) is 9.36 Å². The molecule has 0 N–H and O–H groups in total. The van der Waals surface area contributed by atoms with Gasteiger partial charge >= 0.3 is 0 Å². The number of furan rings is 1. The number of hydrogen-bond donors (Lipinski definition) is 0. The average molecular weight is 499 g/mol. The van der Waals surface area contributed by atoms with Gasteiger partial charge in [-0.2, -0.15) is 5.10 Å². The molecule has 0 fully saturated rings. The topological polar surface area (TPSA) is 82.0 Å². The standard InChI is InChI=1S/C27H26N6O2S/c1-20-8-6-9-22(14-20)26-29-30-27(32(26)18-24-12-7-13-35-24)36-19-25(34)31(2)16-21-15-28-33(17-21)23-10-4-3-5-11-23/h3-15,17H,16,18-19H2,1-2H3. The van der Waals surface area contributed by atoms with E-state index >= 15 is 0 Å². The zero-order chi connectivity index (χ0) is 24.9. The molecule has 0 saturated heterocycles. The minimum Gasteiger partial charge on any atom is -0.467 e. The number of aromatic nitrogens is 5. The third-order valence-electron chi connectivity index (χ3n) is 5.71. The first-order valence-electron chi connectivity index (χ1n) is 11.5. The summed E-state index contributed by atoms with van der Waals surface area (Å²) in [6, 6.07) is 21.8. The van der Waals surface area contributed by atoms with E-state index < -0.39 is 0 Å². The first-order valence-corrected chi connectivity index (χ1v) is 12.5. The van der Waals surface area contributed by atoms with E-state index in [9.17, 15) is 4.79 Å². The fourth-order valence-electron chi connectivity index (χ4n) is 3.86. The summed E-state index contributed by atoms with van der Waals surface area (Å²) in [5, 5.41) is 13.9. The Kier molecular flexibility index (Phi) is 6.99. The van der Waals surface area contributed by atoms with Gasteiger partial charge in [-0.25, -0.2) is 4.68 Å². The Labute approximate surface area is 213 Å². The lowest BCUT2D eigenvalue weighted by Gasteiger charge is -2.16. The zero-order valence-corrected chi connectivity index (χ0v) is 20.9. The molecular formula is C27H26N6O2S. The summed E-state index contributed by atoms with van der Waals surface area (Å²) >= 11 is 1.37. The summed E-state index contributed by atoms with van der Waals surface area (Å²) in [7, 11) is 1.80. The average Bonchev–Trinajstić information content (AvgIpc) is 3.65. The Balaban J connectivity index is 1.27. The lowest BCUT2D eigenvalue weighted by molar-refractivity contribution is -0.127. The molecule has 3 heterocycles. The second-order valence-corrected chi connectivity index (χ2v) is 9.45. The van der Waals surface area contributed by atoms with Crippen LogP contribution in [0.4, 0.5) is 0 Å². The van der Waals surface area contributed by atoms with Crippen molar-refractivity contribution >= 4 is 17.7 Å². The molecule has 0 aliphatic rings. The van der Waals surface area contributed by atoms with Crippen LogP contribution in [-0.4, -0.2) is 48.2 Å². The second-order valence-electron chi connectivity index (χ2n) is 8.51. The maximum atomic E-state index is 12.9. The first kappa shape index (κ1) is 23.6. The highest BCUT2D eigenvalue weighted by molar-refractivity contribution is 7.99. The molecule has 0 radical (unpaired) electrons. The van der Waals surface area contributed by atoms with Crippen molar-refractivity contribution in [2.75, 3.05) is 12.8 Å². The lowest BCUT2D eigenvalue weighted by Crippen LogP contribution is -2.27. The van der Waals surface area contributed by atoms with Crippen LogP contribution in [0.5, 0.6) is 0 Å². The van der Waals surface area contributed by atoms with Gasteiger partial charge in [-0.1, -0.05) is 53.7 Å². The van der Waals surface area contributed by atoms with Gasteiger partial charge in [0.2, 0.25) is 5.91 Å². The Morgan fingerprint density at radius 2 is 1.92 bits per heavy atom. The number of carbonyl (C=O) groups excluding carboxylic acids is 1. The minimum atomic E-state index is -0.00267. The van der Waals surface area contributed by atoms with Crippen LogP contribution in [-0.2, 0) is 17.9 Å². The lowest BCUT2D eigenvalue weighted by atomic mass is 10.1. The van der Waals surface area contributed by atoms with Crippen molar-refractivity contribution in [2.45, 2.75) is 25.2 Å². The molecule has 0 spiro atoms. The monoisotopic (exact) mass is 498 g/mol. The summed E-state index contributed by atoms with van der Waals surface area (Å²) in [5.41, 5.74) is 4.05. The number of nitrogens with zero attached hydrogens (tertiary/aromatic N) is 6. The molecule has 1 amide bonds. The number of carbonyl (C=O) groups is 1. The van der Waals surface area contributed by atoms with Gasteiger partial charge in [0, 0.05) is 30.9 Å². The van der Waals surface area contributed by atoms with Gasteiger partial charge in [-0.05, 0) is 37.3 Å². The highest BCUT2D eigenvalue weighted by Gasteiger charge is 2.19. The Bertz CT molecular complexity index is 1440. The molecule has 0 aliphatic carbocycles. The Morgan fingerprint density at radius 1 is 1.06 bits per heavy atom. The first-order chi connectivity index (χ1) is 17.6. The number of hydrogen-bond acceptors (Lipinski definition) is 6. The van der Waals surface area contributed by atoms with Crippen LogP contribution in [0.2, 0.25) is 0 Å². The van der Waals surface area contributed by atoms with E-state index in [2.05, 4.69) is 21.4 Å². The van der Waals surface area contributed by atoms with E-state index in [-0.39, 0.29) is 11.7 Å². The van der Waals surface area contributed by atoms with Crippen molar-refractivity contribution in [2.24, 2.45) is 0 Å². The van der Waals surface area contributed by atoms with Crippen LogP contribution in [0.1, 0.15) is 16.9 Å². The van der Waals surface area contributed by atoms with Gasteiger partial charge in [0.1, 0.15) is 5.76 Å². The molecule has 0 atom stereocenters. The molecule has 3 aromatic heterocycles. The van der Waals surface area contributed by atoms with E-state index in [1.807, 2.05) is 83.0 Å². The van der Waals surface area contributed by atoms with Crippen LogP contribution >= 0.6 is 11.8 Å². The van der Waals surface area contributed by atoms with Gasteiger partial charge in [0.25, 0.3) is 0 Å². The fourth-order valence-corrected chi connectivity index (χ4v) is 4.73. The van der Waals surface area contributed by atoms with Crippen LogP contribution in [0.3, 0.4) is 0 Å². The largest absolute Gasteiger partial charge is 0.467 e. The molecule has 2 aromatic carbocycles. The fraction of sp³-hybridized carbons (Fsp3) is 0.185. The quantitative estimate of drug-likeness (QED) is 0.271. The molecule has 0 unspecified atom stereocenters. The van der Waals surface area contributed by atoms with Gasteiger partial charge in [0.05, 0.1) is 30.4 Å². The molecule has 5 rings (SSSR count). The molecular weight excluding hydrogens is 472 g/mol. The predicted molar refractivity (Wildman–Crippen MR) is 139 cm³/mol. The van der Waals surface area contributed by atoms with E-state index in [0.29, 0.717) is 18.2 Å². The van der Waals surface area contributed by atoms with Crippen molar-refractivity contribution in [1.82, 2.24) is 29.4 Å². The molecule has 8 nitrogen and oxygen atoms in total. The molecule has 0 aliphatic heterocycles.